The molecule has 1 aromatic carbocycles. The maximum Gasteiger partial charge on any atom is 0.241 e. The number of nitrogens with two attached hydrogens (primary N) is 1. The molecule has 130 valence electrons. The Labute approximate surface area is 138 Å². The van der Waals surface area contributed by atoms with E-state index in [1.54, 1.807) is 6.07 Å². The van der Waals surface area contributed by atoms with E-state index in [0.717, 1.165) is 25.7 Å². The zero-order valence-electron chi connectivity index (χ0n) is 14.0. The van der Waals surface area contributed by atoms with E-state index in [2.05, 4.69) is 11.6 Å². The van der Waals surface area contributed by atoms with Crippen molar-refractivity contribution < 1.29 is 17.9 Å². The van der Waals surface area contributed by atoms with E-state index in [9.17, 15) is 8.42 Å². The molecule has 2 atom stereocenters. The van der Waals surface area contributed by atoms with Gasteiger partial charge in [-0.1, -0.05) is 19.8 Å². The first-order valence-electron chi connectivity index (χ1n) is 7.84. The predicted molar refractivity (Wildman–Crippen MR) is 89.3 cm³/mol. The van der Waals surface area contributed by atoms with Gasteiger partial charge in [0.15, 0.2) is 11.5 Å². The Morgan fingerprint density at radius 3 is 2.52 bits per heavy atom. The van der Waals surface area contributed by atoms with Crippen LogP contribution < -0.4 is 19.9 Å². The number of benzene rings is 1. The minimum absolute atomic E-state index is 0.153. The molecule has 1 aromatic rings. The van der Waals surface area contributed by atoms with E-state index in [1.807, 2.05) is 0 Å². The average molecular weight is 342 g/mol. The van der Waals surface area contributed by atoms with Gasteiger partial charge in [0, 0.05) is 18.2 Å². The van der Waals surface area contributed by atoms with Crippen molar-refractivity contribution in [2.24, 2.45) is 11.7 Å². The number of hydrogen-bond acceptors (Lipinski definition) is 5. The summed E-state index contributed by atoms with van der Waals surface area (Å²) in [6.07, 6.45) is 3.83. The van der Waals surface area contributed by atoms with E-state index in [1.165, 1.54) is 26.4 Å². The molecule has 2 unspecified atom stereocenters. The summed E-state index contributed by atoms with van der Waals surface area (Å²) in [5.41, 5.74) is 5.36. The van der Waals surface area contributed by atoms with Crippen LogP contribution in [0.4, 0.5) is 0 Å². The largest absolute Gasteiger partial charge is 0.493 e. The third-order valence-corrected chi connectivity index (χ3v) is 6.37. The molecule has 6 nitrogen and oxygen atoms in total. The average Bonchev–Trinajstić information content (AvgIpc) is 2.56. The monoisotopic (exact) mass is 342 g/mol. The van der Waals surface area contributed by atoms with Crippen molar-refractivity contribution in [1.82, 2.24) is 4.72 Å². The van der Waals surface area contributed by atoms with Crippen LogP contribution in [0.3, 0.4) is 0 Å². The minimum atomic E-state index is -3.69. The molecule has 0 bridgehead atoms. The van der Waals surface area contributed by atoms with Gasteiger partial charge in [-0.15, -0.1) is 0 Å². The fourth-order valence-corrected chi connectivity index (χ4v) is 4.77. The van der Waals surface area contributed by atoms with Crippen molar-refractivity contribution in [2.75, 3.05) is 20.8 Å². The van der Waals surface area contributed by atoms with E-state index in [4.69, 9.17) is 15.2 Å². The summed E-state index contributed by atoms with van der Waals surface area (Å²) in [6.45, 7) is 2.35. The number of rotatable bonds is 6. The zero-order chi connectivity index (χ0) is 17.1. The van der Waals surface area contributed by atoms with E-state index >= 15 is 0 Å². The lowest BCUT2D eigenvalue weighted by atomic mass is 9.74. The van der Waals surface area contributed by atoms with Gasteiger partial charge in [0.25, 0.3) is 0 Å². The third-order valence-electron chi connectivity index (χ3n) is 4.82. The van der Waals surface area contributed by atoms with Crippen molar-refractivity contribution in [3.8, 4) is 11.5 Å². The number of methoxy groups -OCH3 is 2. The number of ether oxygens (including phenoxy) is 2. The maximum absolute atomic E-state index is 12.8. The van der Waals surface area contributed by atoms with Gasteiger partial charge in [-0.05, 0) is 30.9 Å². The molecule has 0 aromatic heterocycles. The van der Waals surface area contributed by atoms with Crippen LogP contribution in [0.5, 0.6) is 11.5 Å². The first-order valence-corrected chi connectivity index (χ1v) is 9.33. The SMILES string of the molecule is COc1ccc(S(=O)(=O)NC2(CN)CCCCC2C)cc1OC. The third kappa shape index (κ3) is 3.62. The Kier molecular flexibility index (Phi) is 5.54. The van der Waals surface area contributed by atoms with E-state index < -0.39 is 15.6 Å². The smallest absolute Gasteiger partial charge is 0.241 e. The van der Waals surface area contributed by atoms with Crippen molar-refractivity contribution in [3.05, 3.63) is 18.2 Å². The van der Waals surface area contributed by atoms with Crippen molar-refractivity contribution in [1.29, 1.82) is 0 Å². The highest BCUT2D eigenvalue weighted by atomic mass is 32.2. The van der Waals surface area contributed by atoms with E-state index in [0.29, 0.717) is 18.0 Å². The fraction of sp³-hybridized carbons (Fsp3) is 0.625. The molecule has 0 amide bonds. The van der Waals surface area contributed by atoms with Crippen molar-refractivity contribution in [3.63, 3.8) is 0 Å². The Morgan fingerprint density at radius 2 is 1.96 bits per heavy atom. The molecule has 0 aliphatic heterocycles. The van der Waals surface area contributed by atoms with Crippen LogP contribution in [0.2, 0.25) is 0 Å². The lowest BCUT2D eigenvalue weighted by molar-refractivity contribution is 0.191. The molecule has 1 aliphatic carbocycles. The first-order chi connectivity index (χ1) is 10.9. The van der Waals surface area contributed by atoms with Crippen LogP contribution in [0.15, 0.2) is 23.1 Å². The van der Waals surface area contributed by atoms with Gasteiger partial charge >= 0.3 is 0 Å². The Morgan fingerprint density at radius 1 is 1.26 bits per heavy atom. The van der Waals surface area contributed by atoms with Gasteiger partial charge < -0.3 is 15.2 Å². The highest BCUT2D eigenvalue weighted by molar-refractivity contribution is 7.89. The molecule has 1 saturated carbocycles. The van der Waals surface area contributed by atoms with Crippen LogP contribution in [0.25, 0.3) is 0 Å². The molecular formula is C16H26N2O4S. The van der Waals surface area contributed by atoms with Gasteiger partial charge in [-0.2, -0.15) is 0 Å². The summed E-state index contributed by atoms with van der Waals surface area (Å²) < 4.78 is 38.8. The summed E-state index contributed by atoms with van der Waals surface area (Å²) in [5.74, 6) is 1.08. The minimum Gasteiger partial charge on any atom is -0.493 e. The predicted octanol–water partition coefficient (Wildman–Crippen LogP) is 1.89. The highest BCUT2D eigenvalue weighted by Gasteiger charge is 2.40. The van der Waals surface area contributed by atoms with Gasteiger partial charge in [-0.3, -0.25) is 0 Å². The summed E-state index contributed by atoms with van der Waals surface area (Å²) in [7, 11) is -0.697. The first kappa shape index (κ1) is 18.0. The molecule has 1 aliphatic rings. The Bertz CT molecular complexity index is 647. The summed E-state index contributed by atoms with van der Waals surface area (Å²) in [4.78, 5) is 0.153. The molecule has 3 N–H and O–H groups in total. The van der Waals surface area contributed by atoms with Gasteiger partial charge in [0.05, 0.1) is 19.1 Å². The fourth-order valence-electron chi connectivity index (χ4n) is 3.22. The number of hydrogen-bond donors (Lipinski definition) is 2. The van der Waals surface area contributed by atoms with Crippen molar-refractivity contribution >= 4 is 10.0 Å². The van der Waals surface area contributed by atoms with Gasteiger partial charge in [0.1, 0.15) is 0 Å². The normalized spacial score (nSPS) is 25.1. The standard InChI is InChI=1S/C16H26N2O4S/c1-12-6-4-5-9-16(12,11-17)18-23(19,20)13-7-8-14(21-2)15(10-13)22-3/h7-8,10,12,18H,4-6,9,11,17H2,1-3H3. The van der Waals surface area contributed by atoms with Crippen LogP contribution >= 0.6 is 0 Å². The lowest BCUT2D eigenvalue weighted by Gasteiger charge is -2.42. The van der Waals surface area contributed by atoms with Gasteiger partial charge in [-0.25, -0.2) is 13.1 Å². The molecule has 0 radical (unpaired) electrons. The van der Waals surface area contributed by atoms with Gasteiger partial charge in [0.2, 0.25) is 10.0 Å². The maximum atomic E-state index is 12.8. The molecule has 2 rings (SSSR count). The van der Waals surface area contributed by atoms with Crippen LogP contribution in [0.1, 0.15) is 32.6 Å². The lowest BCUT2D eigenvalue weighted by Crippen LogP contribution is -2.58. The molecule has 1 fully saturated rings. The summed E-state index contributed by atoms with van der Waals surface area (Å²) in [6, 6.07) is 4.58. The molecule has 0 spiro atoms. The quantitative estimate of drug-likeness (QED) is 0.824. The zero-order valence-corrected chi connectivity index (χ0v) is 14.8. The summed E-state index contributed by atoms with van der Waals surface area (Å²) >= 11 is 0. The number of nitrogens with one attached hydrogen (secondary N) is 1. The highest BCUT2D eigenvalue weighted by Crippen LogP contribution is 2.35. The van der Waals surface area contributed by atoms with Crippen LogP contribution in [-0.4, -0.2) is 34.7 Å². The Hall–Kier alpha value is -1.31. The van der Waals surface area contributed by atoms with Crippen molar-refractivity contribution in [2.45, 2.75) is 43.0 Å². The number of sulfonamides is 1. The molecule has 23 heavy (non-hydrogen) atoms. The molecule has 0 heterocycles. The topological polar surface area (TPSA) is 90.7 Å². The molecule has 7 heteroatoms. The van der Waals surface area contributed by atoms with Crippen LogP contribution in [0, 0.1) is 5.92 Å². The van der Waals surface area contributed by atoms with Crippen LogP contribution in [-0.2, 0) is 10.0 Å². The summed E-state index contributed by atoms with van der Waals surface area (Å²) in [5, 5.41) is 0. The van der Waals surface area contributed by atoms with E-state index in [-0.39, 0.29) is 10.8 Å². The molecular weight excluding hydrogens is 316 g/mol. The molecule has 0 saturated heterocycles. The second-order valence-corrected chi connectivity index (χ2v) is 7.81. The Balaban J connectivity index is 2.34. The second kappa shape index (κ2) is 7.07. The second-order valence-electron chi connectivity index (χ2n) is 6.13.